The molecule has 1 amide bonds. The van der Waals surface area contributed by atoms with E-state index in [0.717, 1.165) is 16.6 Å². The summed E-state index contributed by atoms with van der Waals surface area (Å²) in [6.07, 6.45) is -3.91. The van der Waals surface area contributed by atoms with Crippen LogP contribution in [0.5, 0.6) is 0 Å². The van der Waals surface area contributed by atoms with Gasteiger partial charge in [0.15, 0.2) is 0 Å². The molecule has 0 saturated carbocycles. The Balaban J connectivity index is 1.78. The molecule has 0 aliphatic carbocycles. The first kappa shape index (κ1) is 23.1. The first-order valence-electron chi connectivity index (χ1n) is 8.92. The number of carbonyl (C=O) groups excluding carboxylic acids is 1. The molecular formula is C19H17BrClF3N2O3S. The molecule has 1 N–H and O–H groups in total. The highest BCUT2D eigenvalue weighted by Gasteiger charge is 2.36. The number of rotatable bonds is 4. The van der Waals surface area contributed by atoms with Gasteiger partial charge in [0.25, 0.3) is 0 Å². The van der Waals surface area contributed by atoms with E-state index in [4.69, 9.17) is 11.6 Å². The molecule has 162 valence electrons. The molecule has 1 aliphatic heterocycles. The third-order valence-corrected chi connectivity index (χ3v) is 7.39. The maximum atomic E-state index is 13.3. The number of benzene rings is 2. The highest BCUT2D eigenvalue weighted by atomic mass is 79.9. The molecular weight excluding hydrogens is 509 g/mol. The van der Waals surface area contributed by atoms with Crippen molar-refractivity contribution in [1.82, 2.24) is 4.31 Å². The van der Waals surface area contributed by atoms with Crippen LogP contribution in [-0.2, 0) is 21.0 Å². The zero-order chi connectivity index (χ0) is 22.1. The third-order valence-electron chi connectivity index (χ3n) is 4.75. The van der Waals surface area contributed by atoms with Gasteiger partial charge in [0.1, 0.15) is 0 Å². The number of halogens is 5. The quantitative estimate of drug-likeness (QED) is 0.600. The number of hydrogen-bond acceptors (Lipinski definition) is 3. The minimum Gasteiger partial charge on any atom is -0.325 e. The van der Waals surface area contributed by atoms with Gasteiger partial charge in [0, 0.05) is 22.6 Å². The Morgan fingerprint density at radius 1 is 1.17 bits per heavy atom. The van der Waals surface area contributed by atoms with Crippen LogP contribution in [0.3, 0.4) is 0 Å². The van der Waals surface area contributed by atoms with E-state index in [1.54, 1.807) is 12.1 Å². The third kappa shape index (κ3) is 5.16. The minimum absolute atomic E-state index is 0.0869. The van der Waals surface area contributed by atoms with Crippen LogP contribution < -0.4 is 5.32 Å². The molecule has 1 saturated heterocycles. The van der Waals surface area contributed by atoms with Crippen LogP contribution in [0.15, 0.2) is 51.8 Å². The average molecular weight is 526 g/mol. The van der Waals surface area contributed by atoms with Crippen LogP contribution in [0.4, 0.5) is 18.9 Å². The van der Waals surface area contributed by atoms with Gasteiger partial charge in [-0.2, -0.15) is 17.5 Å². The Hall–Kier alpha value is -1.62. The molecule has 11 heteroatoms. The van der Waals surface area contributed by atoms with E-state index in [-0.39, 0.29) is 23.0 Å². The molecule has 30 heavy (non-hydrogen) atoms. The molecule has 0 aromatic heterocycles. The zero-order valence-electron chi connectivity index (χ0n) is 15.4. The van der Waals surface area contributed by atoms with Crippen LogP contribution >= 0.6 is 27.5 Å². The van der Waals surface area contributed by atoms with Crippen LogP contribution in [0.25, 0.3) is 0 Å². The summed E-state index contributed by atoms with van der Waals surface area (Å²) in [5.74, 6) is -1.45. The van der Waals surface area contributed by atoms with E-state index in [2.05, 4.69) is 21.2 Å². The fourth-order valence-corrected chi connectivity index (χ4v) is 5.19. The number of alkyl halides is 3. The maximum absolute atomic E-state index is 13.3. The van der Waals surface area contributed by atoms with Gasteiger partial charge in [-0.25, -0.2) is 8.42 Å². The summed E-state index contributed by atoms with van der Waals surface area (Å²) in [7, 11) is -3.82. The minimum atomic E-state index is -4.70. The Kier molecular flexibility index (Phi) is 6.81. The van der Waals surface area contributed by atoms with Crippen molar-refractivity contribution in [3.63, 3.8) is 0 Å². The van der Waals surface area contributed by atoms with E-state index < -0.39 is 39.3 Å². The molecule has 0 bridgehead atoms. The Morgan fingerprint density at radius 2 is 1.83 bits per heavy atom. The fraction of sp³-hybridized carbons (Fsp3) is 0.316. The molecule has 1 aliphatic rings. The molecule has 0 radical (unpaired) electrons. The summed E-state index contributed by atoms with van der Waals surface area (Å²) >= 11 is 8.90. The summed E-state index contributed by atoms with van der Waals surface area (Å²) in [5, 5.41) is 2.18. The Bertz CT molecular complexity index is 1050. The van der Waals surface area contributed by atoms with Gasteiger partial charge in [-0.05, 0) is 55.3 Å². The molecule has 1 atom stereocenters. The molecule has 0 spiro atoms. The molecule has 2 aromatic carbocycles. The van der Waals surface area contributed by atoms with Gasteiger partial charge >= 0.3 is 6.18 Å². The molecule has 0 unspecified atom stereocenters. The lowest BCUT2D eigenvalue weighted by atomic mass is 9.98. The molecule has 5 nitrogen and oxygen atoms in total. The van der Waals surface area contributed by atoms with Crippen molar-refractivity contribution in [2.75, 3.05) is 18.4 Å². The topological polar surface area (TPSA) is 66.5 Å². The van der Waals surface area contributed by atoms with Gasteiger partial charge in [0.05, 0.1) is 22.1 Å². The number of amides is 1. The molecule has 1 fully saturated rings. The molecule has 1 heterocycles. The summed E-state index contributed by atoms with van der Waals surface area (Å²) in [6, 6.07) is 9.17. The van der Waals surface area contributed by atoms with Crippen molar-refractivity contribution in [3.05, 3.63) is 57.5 Å². The summed E-state index contributed by atoms with van der Waals surface area (Å²) in [4.78, 5) is 12.7. The maximum Gasteiger partial charge on any atom is 0.418 e. The normalized spacial score (nSPS) is 18.2. The van der Waals surface area contributed by atoms with Crippen LogP contribution in [0.1, 0.15) is 18.4 Å². The number of anilines is 1. The monoisotopic (exact) mass is 524 g/mol. The smallest absolute Gasteiger partial charge is 0.325 e. The second kappa shape index (κ2) is 8.86. The van der Waals surface area contributed by atoms with Crippen LogP contribution in [0, 0.1) is 5.92 Å². The highest BCUT2D eigenvalue weighted by Crippen LogP contribution is 2.37. The van der Waals surface area contributed by atoms with Crippen LogP contribution in [-0.4, -0.2) is 31.7 Å². The number of nitrogens with zero attached hydrogens (tertiary/aromatic N) is 1. The first-order chi connectivity index (χ1) is 14.0. The van der Waals surface area contributed by atoms with Gasteiger partial charge in [-0.15, -0.1) is 0 Å². The Morgan fingerprint density at radius 3 is 2.47 bits per heavy atom. The van der Waals surface area contributed by atoms with Crippen molar-refractivity contribution < 1.29 is 26.4 Å². The number of carbonyl (C=O) groups is 1. The van der Waals surface area contributed by atoms with E-state index in [9.17, 15) is 26.4 Å². The summed E-state index contributed by atoms with van der Waals surface area (Å²) in [5.41, 5.74) is -1.47. The fourth-order valence-electron chi connectivity index (χ4n) is 3.23. The highest BCUT2D eigenvalue weighted by molar-refractivity contribution is 9.10. The standard InChI is InChI=1S/C19H17BrClF3N2O3S/c20-13-3-6-15(7-4-13)30(28,29)26-9-1-2-12(11-26)18(27)25-17-8-5-14(21)10-16(17)19(22,23)24/h3-8,10,12H,1-2,9,11H2,(H,25,27)/t12-/m1/s1. The van der Waals surface area contributed by atoms with Crippen molar-refractivity contribution in [2.45, 2.75) is 23.9 Å². The Labute approximate surface area is 185 Å². The lowest BCUT2D eigenvalue weighted by Gasteiger charge is -2.31. The van der Waals surface area contributed by atoms with E-state index in [0.29, 0.717) is 12.8 Å². The summed E-state index contributed by atoms with van der Waals surface area (Å²) in [6.45, 7) is 0.121. The van der Waals surface area contributed by atoms with Crippen molar-refractivity contribution >= 4 is 49.1 Å². The second-order valence-electron chi connectivity index (χ2n) is 6.83. The van der Waals surface area contributed by atoms with Crippen molar-refractivity contribution in [3.8, 4) is 0 Å². The predicted octanol–water partition coefficient (Wildman–Crippen LogP) is 5.16. The first-order valence-corrected chi connectivity index (χ1v) is 11.5. The number of piperidine rings is 1. The lowest BCUT2D eigenvalue weighted by molar-refractivity contribution is -0.137. The SMILES string of the molecule is O=C(Nc1ccc(Cl)cc1C(F)(F)F)[C@@H]1CCCN(S(=O)(=O)c2ccc(Br)cc2)C1. The number of nitrogens with one attached hydrogen (secondary N) is 1. The summed E-state index contributed by atoms with van der Waals surface area (Å²) < 4.78 is 67.4. The van der Waals surface area contributed by atoms with E-state index in [1.807, 2.05) is 0 Å². The average Bonchev–Trinajstić information content (AvgIpc) is 2.69. The van der Waals surface area contributed by atoms with Crippen LogP contribution in [0.2, 0.25) is 5.02 Å². The van der Waals surface area contributed by atoms with E-state index in [1.165, 1.54) is 22.5 Å². The second-order valence-corrected chi connectivity index (χ2v) is 10.1. The number of hydrogen-bond donors (Lipinski definition) is 1. The molecule has 3 rings (SSSR count). The van der Waals surface area contributed by atoms with Gasteiger partial charge in [-0.1, -0.05) is 27.5 Å². The van der Waals surface area contributed by atoms with E-state index >= 15 is 0 Å². The molecule has 2 aromatic rings. The largest absolute Gasteiger partial charge is 0.418 e. The van der Waals surface area contributed by atoms with Gasteiger partial charge in [0.2, 0.25) is 15.9 Å². The van der Waals surface area contributed by atoms with Crippen molar-refractivity contribution in [2.24, 2.45) is 5.92 Å². The predicted molar refractivity (Wildman–Crippen MR) is 111 cm³/mol. The van der Waals surface area contributed by atoms with Gasteiger partial charge in [-0.3, -0.25) is 4.79 Å². The van der Waals surface area contributed by atoms with Gasteiger partial charge < -0.3 is 5.32 Å². The van der Waals surface area contributed by atoms with Crippen molar-refractivity contribution in [1.29, 1.82) is 0 Å². The zero-order valence-corrected chi connectivity index (χ0v) is 18.6. The number of sulfonamides is 1. The lowest BCUT2D eigenvalue weighted by Crippen LogP contribution is -2.43.